The molecule has 0 unspecified atom stereocenters. The molecule has 0 radical (unpaired) electrons. The van der Waals surface area contributed by atoms with Gasteiger partial charge in [-0.05, 0) is 44.0 Å². The van der Waals surface area contributed by atoms with E-state index in [1.54, 1.807) is 25.3 Å². The molecule has 0 saturated heterocycles. The first kappa shape index (κ1) is 18.4. The van der Waals surface area contributed by atoms with Crippen LogP contribution in [-0.2, 0) is 6.42 Å². The zero-order valence-electron chi connectivity index (χ0n) is 14.7. The number of hydrogen-bond donors (Lipinski definition) is 2. The number of ether oxygens (including phenoxy) is 1. The largest absolute Gasteiger partial charge is 0.496 e. The third kappa shape index (κ3) is 5.31. The van der Waals surface area contributed by atoms with Crippen LogP contribution < -0.4 is 15.4 Å². The van der Waals surface area contributed by atoms with Gasteiger partial charge in [-0.2, -0.15) is 0 Å². The molecule has 2 N–H and O–H groups in total. The highest BCUT2D eigenvalue weighted by Gasteiger charge is 2.13. The van der Waals surface area contributed by atoms with E-state index in [1.165, 1.54) is 0 Å². The molecule has 0 bridgehead atoms. The van der Waals surface area contributed by atoms with Crippen LogP contribution in [0.5, 0.6) is 5.75 Å². The Hall–Kier alpha value is -2.89. The van der Waals surface area contributed by atoms with Gasteiger partial charge in [0.25, 0.3) is 11.8 Å². The SMILES string of the molecule is COc1ccccc1CCNC(=O)c1cccc(C(=O)NC(C)C)n1. The molecule has 0 spiro atoms. The van der Waals surface area contributed by atoms with Gasteiger partial charge in [0.05, 0.1) is 7.11 Å². The lowest BCUT2D eigenvalue weighted by Gasteiger charge is -2.10. The van der Waals surface area contributed by atoms with Crippen LogP contribution in [-0.4, -0.2) is 36.5 Å². The molecule has 1 heterocycles. The molecule has 1 aromatic heterocycles. The summed E-state index contributed by atoms with van der Waals surface area (Å²) in [6.07, 6.45) is 0.642. The van der Waals surface area contributed by atoms with Crippen molar-refractivity contribution in [2.24, 2.45) is 0 Å². The van der Waals surface area contributed by atoms with Gasteiger partial charge in [-0.15, -0.1) is 0 Å². The number of rotatable bonds is 7. The van der Waals surface area contributed by atoms with Crippen molar-refractivity contribution in [3.05, 3.63) is 59.4 Å². The smallest absolute Gasteiger partial charge is 0.270 e. The summed E-state index contributed by atoms with van der Waals surface area (Å²) >= 11 is 0. The van der Waals surface area contributed by atoms with Crippen LogP contribution in [0.3, 0.4) is 0 Å². The number of nitrogens with one attached hydrogen (secondary N) is 2. The number of aromatic nitrogens is 1. The number of amides is 2. The fourth-order valence-corrected chi connectivity index (χ4v) is 2.33. The van der Waals surface area contributed by atoms with Gasteiger partial charge >= 0.3 is 0 Å². The summed E-state index contributed by atoms with van der Waals surface area (Å²) in [7, 11) is 1.62. The Balaban J connectivity index is 1.96. The first-order valence-corrected chi connectivity index (χ1v) is 8.19. The Labute approximate surface area is 147 Å². The average molecular weight is 341 g/mol. The fraction of sp³-hybridized carbons (Fsp3) is 0.316. The van der Waals surface area contributed by atoms with E-state index in [0.29, 0.717) is 13.0 Å². The molecule has 1 aromatic carbocycles. The second-order valence-electron chi connectivity index (χ2n) is 5.85. The van der Waals surface area contributed by atoms with E-state index in [9.17, 15) is 9.59 Å². The average Bonchev–Trinajstić information content (AvgIpc) is 2.61. The highest BCUT2D eigenvalue weighted by molar-refractivity contribution is 5.96. The van der Waals surface area contributed by atoms with Crippen LogP contribution in [0.2, 0.25) is 0 Å². The number of nitrogens with zero attached hydrogens (tertiary/aromatic N) is 1. The van der Waals surface area contributed by atoms with Crippen molar-refractivity contribution in [3.8, 4) is 5.75 Å². The summed E-state index contributed by atoms with van der Waals surface area (Å²) in [6.45, 7) is 4.18. The molecule has 2 amide bonds. The standard InChI is InChI=1S/C19H23N3O3/c1-13(2)21-19(24)16-9-6-8-15(22-16)18(23)20-12-11-14-7-4-5-10-17(14)25-3/h4-10,13H,11-12H2,1-3H3,(H,20,23)(H,21,24). The van der Waals surface area contributed by atoms with E-state index in [4.69, 9.17) is 4.74 Å². The lowest BCUT2D eigenvalue weighted by molar-refractivity contribution is 0.0936. The number of carbonyl (C=O) groups excluding carboxylic acids is 2. The molecule has 6 heteroatoms. The van der Waals surface area contributed by atoms with Gasteiger partial charge in [0, 0.05) is 12.6 Å². The summed E-state index contributed by atoms with van der Waals surface area (Å²) in [5, 5.41) is 5.57. The molecule has 0 aliphatic rings. The lowest BCUT2D eigenvalue weighted by atomic mass is 10.1. The quantitative estimate of drug-likeness (QED) is 0.809. The van der Waals surface area contributed by atoms with Gasteiger partial charge in [0.15, 0.2) is 0 Å². The minimum Gasteiger partial charge on any atom is -0.496 e. The molecule has 6 nitrogen and oxygen atoms in total. The highest BCUT2D eigenvalue weighted by atomic mass is 16.5. The molecule has 25 heavy (non-hydrogen) atoms. The van der Waals surface area contributed by atoms with E-state index in [1.807, 2.05) is 38.1 Å². The van der Waals surface area contributed by atoms with Crippen molar-refractivity contribution in [1.29, 1.82) is 0 Å². The lowest BCUT2D eigenvalue weighted by Crippen LogP contribution is -2.32. The Morgan fingerprint density at radius 2 is 1.72 bits per heavy atom. The van der Waals surface area contributed by atoms with Crippen molar-refractivity contribution >= 4 is 11.8 Å². The minimum absolute atomic E-state index is 0.00707. The van der Waals surface area contributed by atoms with Gasteiger partial charge < -0.3 is 15.4 Å². The predicted molar refractivity (Wildman–Crippen MR) is 95.9 cm³/mol. The van der Waals surface area contributed by atoms with E-state index in [-0.39, 0.29) is 29.2 Å². The van der Waals surface area contributed by atoms with Crippen molar-refractivity contribution in [2.45, 2.75) is 26.3 Å². The molecule has 0 aliphatic heterocycles. The maximum absolute atomic E-state index is 12.2. The summed E-state index contributed by atoms with van der Waals surface area (Å²) in [4.78, 5) is 28.4. The predicted octanol–water partition coefficient (Wildman–Crippen LogP) is 2.20. The van der Waals surface area contributed by atoms with E-state index in [0.717, 1.165) is 11.3 Å². The summed E-state index contributed by atoms with van der Waals surface area (Å²) in [6, 6.07) is 12.5. The molecule has 2 rings (SSSR count). The van der Waals surface area contributed by atoms with E-state index in [2.05, 4.69) is 15.6 Å². The minimum atomic E-state index is -0.311. The van der Waals surface area contributed by atoms with E-state index >= 15 is 0 Å². The number of hydrogen-bond acceptors (Lipinski definition) is 4. The van der Waals surface area contributed by atoms with E-state index < -0.39 is 0 Å². The Morgan fingerprint density at radius 1 is 1.04 bits per heavy atom. The van der Waals surface area contributed by atoms with Crippen LogP contribution in [0, 0.1) is 0 Å². The summed E-state index contributed by atoms with van der Waals surface area (Å²) < 4.78 is 5.29. The second-order valence-corrected chi connectivity index (χ2v) is 5.85. The number of benzene rings is 1. The molecule has 2 aromatic rings. The number of methoxy groups -OCH3 is 1. The normalized spacial score (nSPS) is 10.4. The zero-order chi connectivity index (χ0) is 18.2. The Morgan fingerprint density at radius 3 is 2.40 bits per heavy atom. The van der Waals surface area contributed by atoms with Gasteiger partial charge in [-0.25, -0.2) is 4.98 Å². The molecular formula is C19H23N3O3. The third-order valence-corrected chi connectivity index (χ3v) is 3.51. The second kappa shape index (κ2) is 8.82. The molecule has 132 valence electrons. The van der Waals surface area contributed by atoms with Gasteiger partial charge in [-0.3, -0.25) is 9.59 Å². The van der Waals surface area contributed by atoms with Gasteiger partial charge in [-0.1, -0.05) is 24.3 Å². The Bertz CT molecular complexity index is 744. The Kier molecular flexibility index (Phi) is 6.51. The maximum Gasteiger partial charge on any atom is 0.270 e. The number of para-hydroxylation sites is 1. The van der Waals surface area contributed by atoms with Crippen molar-refractivity contribution in [3.63, 3.8) is 0 Å². The third-order valence-electron chi connectivity index (χ3n) is 3.51. The van der Waals surface area contributed by atoms with Gasteiger partial charge in [0.1, 0.15) is 17.1 Å². The number of pyridine rings is 1. The molecular weight excluding hydrogens is 318 g/mol. The first-order valence-electron chi connectivity index (χ1n) is 8.19. The van der Waals surface area contributed by atoms with Crippen LogP contribution in [0.25, 0.3) is 0 Å². The number of carbonyl (C=O) groups is 2. The van der Waals surface area contributed by atoms with Crippen molar-refractivity contribution < 1.29 is 14.3 Å². The molecule has 0 atom stereocenters. The van der Waals surface area contributed by atoms with Crippen LogP contribution in [0.15, 0.2) is 42.5 Å². The monoisotopic (exact) mass is 341 g/mol. The topological polar surface area (TPSA) is 80.3 Å². The zero-order valence-corrected chi connectivity index (χ0v) is 14.7. The van der Waals surface area contributed by atoms with Crippen molar-refractivity contribution in [2.75, 3.05) is 13.7 Å². The van der Waals surface area contributed by atoms with Crippen LogP contribution in [0.1, 0.15) is 40.4 Å². The maximum atomic E-state index is 12.2. The fourth-order valence-electron chi connectivity index (χ4n) is 2.33. The molecule has 0 saturated carbocycles. The van der Waals surface area contributed by atoms with Crippen LogP contribution in [0.4, 0.5) is 0 Å². The highest BCUT2D eigenvalue weighted by Crippen LogP contribution is 2.17. The summed E-state index contributed by atoms with van der Waals surface area (Å²) in [5.41, 5.74) is 1.46. The summed E-state index contributed by atoms with van der Waals surface area (Å²) in [5.74, 6) is 0.190. The van der Waals surface area contributed by atoms with Gasteiger partial charge in [0.2, 0.25) is 0 Å². The van der Waals surface area contributed by atoms with Crippen LogP contribution >= 0.6 is 0 Å². The molecule has 0 fully saturated rings. The van der Waals surface area contributed by atoms with Crippen molar-refractivity contribution in [1.82, 2.24) is 15.6 Å². The first-order chi connectivity index (χ1) is 12.0. The molecule has 0 aliphatic carbocycles.